The fourth-order valence-corrected chi connectivity index (χ4v) is 0. The molecule has 0 spiro atoms. The van der Waals surface area contributed by atoms with E-state index in [0.717, 1.165) is 0 Å². The maximum Gasteiger partial charge on any atom is 0 e. The SMILES string of the molecule is O.O.O.O.O.O.O.O.O=P([O-])([O-])[O-].O=P([O-])([O-])[O-].[Co].[Co].[Co]. The van der Waals surface area contributed by atoms with Crippen molar-refractivity contribution in [3.8, 4) is 0 Å². The molecule has 3 radical (unpaired) electrons. The van der Waals surface area contributed by atoms with Gasteiger partial charge in [0.2, 0.25) is 0 Å². The first-order valence-corrected chi connectivity index (χ1v) is 4.38. The van der Waals surface area contributed by atoms with Crippen LogP contribution in [0.1, 0.15) is 0 Å². The quantitative estimate of drug-likeness (QED) is 0.280. The zero-order valence-corrected chi connectivity index (χ0v) is 14.1. The summed E-state index contributed by atoms with van der Waals surface area (Å²) in [7, 11) is -10.8. The average Bonchev–Trinajstić information content (AvgIpc) is 1.12. The van der Waals surface area contributed by atoms with E-state index in [4.69, 9.17) is 38.5 Å². The number of phosphoric acid groups is 2. The molecule has 16 N–H and O–H groups in total. The molecule has 0 aliphatic heterocycles. The van der Waals surface area contributed by atoms with Crippen molar-refractivity contribution in [1.29, 1.82) is 0 Å². The summed E-state index contributed by atoms with van der Waals surface area (Å²) in [6.45, 7) is 0. The van der Waals surface area contributed by atoms with Crippen molar-refractivity contribution < 1.29 is 133 Å². The number of rotatable bonds is 0. The van der Waals surface area contributed by atoms with Crippen LogP contribution in [0.15, 0.2) is 0 Å². The van der Waals surface area contributed by atoms with Gasteiger partial charge in [-0.05, 0) is 0 Å². The van der Waals surface area contributed by atoms with E-state index in [9.17, 15) is 0 Å². The van der Waals surface area contributed by atoms with Crippen molar-refractivity contribution in [2.24, 2.45) is 0 Å². The van der Waals surface area contributed by atoms with E-state index in [-0.39, 0.29) is 94.1 Å². The Morgan fingerprint density at radius 3 is 0.381 bits per heavy atom. The first-order valence-electron chi connectivity index (χ1n) is 1.46. The minimum atomic E-state index is -5.39. The second-order valence-corrected chi connectivity index (χ2v) is 2.68. The molecule has 0 aromatic carbocycles. The summed E-state index contributed by atoms with van der Waals surface area (Å²) in [5, 5.41) is 0. The second kappa shape index (κ2) is 49.6. The molecule has 0 rings (SSSR count). The third-order valence-corrected chi connectivity index (χ3v) is 0. The normalized spacial score (nSPS) is 5.62. The van der Waals surface area contributed by atoms with Gasteiger partial charge in [0.25, 0.3) is 0 Å². The molecule has 0 saturated heterocycles. The molecule has 21 heavy (non-hydrogen) atoms. The molecule has 0 fully saturated rings. The molecule has 0 aliphatic carbocycles. The Bertz CT molecular complexity index is 134. The van der Waals surface area contributed by atoms with Crippen molar-refractivity contribution in [2.75, 3.05) is 0 Å². The van der Waals surface area contributed by atoms with Crippen molar-refractivity contribution in [3.63, 3.8) is 0 Å². The van der Waals surface area contributed by atoms with Crippen LogP contribution in [-0.2, 0) is 59.5 Å². The van der Waals surface area contributed by atoms with Gasteiger partial charge in [0.15, 0.2) is 0 Å². The molecule has 0 unspecified atom stereocenters. The number of hydrogen-bond donors (Lipinski definition) is 0. The van der Waals surface area contributed by atoms with Gasteiger partial charge in [-0.1, -0.05) is 0 Å². The predicted octanol–water partition coefficient (Wildman–Crippen LogP) is -12.3. The van der Waals surface area contributed by atoms with Crippen molar-refractivity contribution in [1.82, 2.24) is 0 Å². The monoisotopic (exact) mass is 511 g/mol. The summed E-state index contributed by atoms with van der Waals surface area (Å²) in [5.41, 5.74) is 0. The van der Waals surface area contributed by atoms with Gasteiger partial charge in [0.1, 0.15) is 0 Å². The Hall–Kier alpha value is 1.42. The molecule has 0 amide bonds. The largest absolute Gasteiger partial charge is 0.822 e. The van der Waals surface area contributed by atoms with E-state index in [1.54, 1.807) is 0 Å². The predicted molar refractivity (Wildman–Crippen MR) is 44.1 cm³/mol. The average molecular weight is 511 g/mol. The topological polar surface area (TPSA) is 424 Å². The summed E-state index contributed by atoms with van der Waals surface area (Å²) in [6.07, 6.45) is 0. The van der Waals surface area contributed by atoms with Crippen LogP contribution in [0.5, 0.6) is 0 Å². The van der Waals surface area contributed by atoms with E-state index in [0.29, 0.717) is 0 Å². The van der Waals surface area contributed by atoms with Crippen LogP contribution in [0.4, 0.5) is 0 Å². The van der Waals surface area contributed by atoms with Gasteiger partial charge < -0.3 is 82.3 Å². The molecular weight excluding hydrogens is 495 g/mol. The fraction of sp³-hybridized carbons (Fsp3) is 0. The van der Waals surface area contributed by atoms with Crippen molar-refractivity contribution in [3.05, 3.63) is 0 Å². The van der Waals surface area contributed by atoms with Crippen molar-refractivity contribution >= 4 is 15.6 Å². The molecule has 0 atom stereocenters. The molecule has 21 heteroatoms. The van der Waals surface area contributed by atoms with Gasteiger partial charge in [0, 0.05) is 50.3 Å². The van der Waals surface area contributed by atoms with E-state index < -0.39 is 15.6 Å². The van der Waals surface area contributed by atoms with Gasteiger partial charge in [-0.2, -0.15) is 15.6 Å². The summed E-state index contributed by atoms with van der Waals surface area (Å²) >= 11 is 0. The zero-order valence-electron chi connectivity index (χ0n) is 9.16. The van der Waals surface area contributed by atoms with Crippen LogP contribution in [0.2, 0.25) is 0 Å². The van der Waals surface area contributed by atoms with E-state index >= 15 is 0 Å². The summed E-state index contributed by atoms with van der Waals surface area (Å²) < 4.78 is 17.1. The summed E-state index contributed by atoms with van der Waals surface area (Å²) in [6, 6.07) is 0. The van der Waals surface area contributed by atoms with Crippen molar-refractivity contribution in [2.45, 2.75) is 0 Å². The Balaban J connectivity index is -0.00000000364. The van der Waals surface area contributed by atoms with E-state index in [1.807, 2.05) is 0 Å². The molecule has 155 valence electrons. The van der Waals surface area contributed by atoms with E-state index in [1.165, 1.54) is 0 Å². The first-order chi connectivity index (χ1) is 4.00. The van der Waals surface area contributed by atoms with Gasteiger partial charge in [0.05, 0.1) is 0 Å². The maximum atomic E-state index is 8.55. The standard InChI is InChI=1S/3Co.2H3O4P.8H2O/c;;;2*1-5(2,3)4;;;;;;;;/h;;;2*(H3,1,2,3,4);8*1H2/p-6. The van der Waals surface area contributed by atoms with Gasteiger partial charge in [-0.25, -0.2) is 0 Å². The second-order valence-electron chi connectivity index (χ2n) is 0.894. The molecule has 16 nitrogen and oxygen atoms in total. The Morgan fingerprint density at radius 1 is 0.381 bits per heavy atom. The minimum absolute atomic E-state index is 0. The molecule has 0 aromatic heterocycles. The zero-order chi connectivity index (χ0) is 9.00. The Kier molecular flexibility index (Phi) is 274. The van der Waals surface area contributed by atoms with E-state index in [2.05, 4.69) is 0 Å². The molecule has 0 saturated carbocycles. The first kappa shape index (κ1) is 116. The van der Waals surface area contributed by atoms with Crippen LogP contribution in [0, 0.1) is 0 Å². The minimum Gasteiger partial charge on any atom is -0.822 e. The molecular formula is H16Co3O16P2-6. The Labute approximate surface area is 148 Å². The smallest absolute Gasteiger partial charge is 0 e. The van der Waals surface area contributed by atoms with Crippen LogP contribution in [0.3, 0.4) is 0 Å². The molecule has 0 heterocycles. The fourth-order valence-electron chi connectivity index (χ4n) is 0. The molecule has 0 bridgehead atoms. The molecule has 0 aromatic rings. The van der Waals surface area contributed by atoms with Crippen LogP contribution in [0.25, 0.3) is 0 Å². The Morgan fingerprint density at radius 2 is 0.381 bits per heavy atom. The molecule has 0 aliphatic rings. The van der Waals surface area contributed by atoms with Gasteiger partial charge >= 0.3 is 0 Å². The van der Waals surface area contributed by atoms with Crippen LogP contribution >= 0.6 is 15.6 Å². The van der Waals surface area contributed by atoms with Crippen LogP contribution in [-0.4, -0.2) is 43.8 Å². The van der Waals surface area contributed by atoms with Crippen LogP contribution < -0.4 is 29.4 Å². The third-order valence-electron chi connectivity index (χ3n) is 0. The van der Waals surface area contributed by atoms with Gasteiger partial charge in [-0.15, -0.1) is 0 Å². The summed E-state index contributed by atoms with van der Waals surface area (Å²) in [5.74, 6) is 0. The summed E-state index contributed by atoms with van der Waals surface area (Å²) in [4.78, 5) is 51.3. The number of hydrogen-bond acceptors (Lipinski definition) is 8. The maximum absolute atomic E-state index is 8.55. The van der Waals surface area contributed by atoms with Gasteiger partial charge in [-0.3, -0.25) is 0 Å². The third kappa shape index (κ3) is 4010.